The number of amides is 1. The lowest BCUT2D eigenvalue weighted by Crippen LogP contribution is -2.32. The number of methoxy groups -OCH3 is 1. The lowest BCUT2D eigenvalue weighted by atomic mass is 10.1. The maximum absolute atomic E-state index is 13.2. The van der Waals surface area contributed by atoms with Gasteiger partial charge in [0.05, 0.1) is 18.4 Å². The van der Waals surface area contributed by atoms with Crippen LogP contribution in [0.25, 0.3) is 0 Å². The van der Waals surface area contributed by atoms with Gasteiger partial charge in [0, 0.05) is 11.4 Å². The number of nitrogens with one attached hydrogen (secondary N) is 1. The second-order valence-corrected chi connectivity index (χ2v) is 9.44. The predicted molar refractivity (Wildman–Crippen MR) is 110 cm³/mol. The van der Waals surface area contributed by atoms with Gasteiger partial charge in [-0.1, -0.05) is 18.2 Å². The molecule has 0 fully saturated rings. The molecule has 0 spiro atoms. The number of carbonyl (C=O) groups is 1. The molecule has 29 heavy (non-hydrogen) atoms. The van der Waals surface area contributed by atoms with Crippen LogP contribution >= 0.6 is 11.3 Å². The number of rotatable bonds is 8. The van der Waals surface area contributed by atoms with E-state index in [1.807, 2.05) is 0 Å². The third-order valence-corrected chi connectivity index (χ3v) is 7.62. The molecule has 0 bridgehead atoms. The van der Waals surface area contributed by atoms with E-state index in [0.717, 1.165) is 0 Å². The van der Waals surface area contributed by atoms with E-state index < -0.39 is 15.1 Å². The Morgan fingerprint density at radius 1 is 1.10 bits per heavy atom. The van der Waals surface area contributed by atoms with Gasteiger partial charge >= 0.3 is 0 Å². The van der Waals surface area contributed by atoms with Crippen molar-refractivity contribution in [1.82, 2.24) is 5.32 Å². The summed E-state index contributed by atoms with van der Waals surface area (Å²) in [5.41, 5.74) is 0.648. The van der Waals surface area contributed by atoms with E-state index in [2.05, 4.69) is 5.32 Å². The highest BCUT2D eigenvalue weighted by molar-refractivity contribution is 7.91. The van der Waals surface area contributed by atoms with Crippen LogP contribution in [-0.4, -0.2) is 28.0 Å². The van der Waals surface area contributed by atoms with Gasteiger partial charge in [-0.05, 0) is 53.4 Å². The Hall–Kier alpha value is -2.71. The molecule has 3 aromatic rings. The summed E-state index contributed by atoms with van der Waals surface area (Å²) in [6.45, 7) is -0.0606. The third kappa shape index (κ3) is 5.21. The monoisotopic (exact) mass is 433 g/mol. The molecule has 0 radical (unpaired) electrons. The molecule has 3 rings (SSSR count). The first kappa shape index (κ1) is 21.0. The molecule has 0 unspecified atom stereocenters. The van der Waals surface area contributed by atoms with Crippen LogP contribution in [0.5, 0.6) is 5.75 Å². The standard InChI is InChI=1S/C21H20FNO4S2/c1-27-17-8-10-18(11-9-17)29(25,26)20(19-3-2-12-28-19)14-23-21(24)13-15-4-6-16(22)7-5-15/h2-12,20H,13-14H2,1H3,(H,23,24)/t20-/m1/s1. The first-order valence-electron chi connectivity index (χ1n) is 8.82. The number of benzene rings is 2. The summed E-state index contributed by atoms with van der Waals surface area (Å²) in [5, 5.41) is 3.59. The van der Waals surface area contributed by atoms with Crippen molar-refractivity contribution in [3.05, 3.63) is 82.3 Å². The first-order chi connectivity index (χ1) is 13.9. The largest absolute Gasteiger partial charge is 0.497 e. The predicted octanol–water partition coefficient (Wildman–Crippen LogP) is 3.77. The van der Waals surface area contributed by atoms with Crippen LogP contribution in [0.3, 0.4) is 0 Å². The van der Waals surface area contributed by atoms with E-state index in [9.17, 15) is 17.6 Å². The lowest BCUT2D eigenvalue weighted by molar-refractivity contribution is -0.120. The van der Waals surface area contributed by atoms with E-state index in [-0.39, 0.29) is 29.6 Å². The van der Waals surface area contributed by atoms with Crippen molar-refractivity contribution in [2.75, 3.05) is 13.7 Å². The highest BCUT2D eigenvalue weighted by Gasteiger charge is 2.30. The number of carbonyl (C=O) groups excluding carboxylic acids is 1. The Morgan fingerprint density at radius 2 is 1.79 bits per heavy atom. The van der Waals surface area contributed by atoms with Gasteiger partial charge < -0.3 is 10.1 Å². The quantitative estimate of drug-likeness (QED) is 0.587. The summed E-state index contributed by atoms with van der Waals surface area (Å²) in [6.07, 6.45) is 0.0417. The van der Waals surface area contributed by atoms with Crippen molar-refractivity contribution >= 4 is 27.1 Å². The number of hydrogen-bond donors (Lipinski definition) is 1. The smallest absolute Gasteiger partial charge is 0.224 e. The molecule has 152 valence electrons. The van der Waals surface area contributed by atoms with Crippen LogP contribution < -0.4 is 10.1 Å². The molecule has 1 atom stereocenters. The number of halogens is 1. The fourth-order valence-electron chi connectivity index (χ4n) is 2.82. The van der Waals surface area contributed by atoms with Gasteiger partial charge in [0.25, 0.3) is 0 Å². The summed E-state index contributed by atoms with van der Waals surface area (Å²) in [4.78, 5) is 13.1. The maximum Gasteiger partial charge on any atom is 0.224 e. The Balaban J connectivity index is 1.76. The maximum atomic E-state index is 13.2. The van der Waals surface area contributed by atoms with Gasteiger partial charge in [0.1, 0.15) is 16.8 Å². The third-order valence-electron chi connectivity index (χ3n) is 4.39. The Kier molecular flexibility index (Phi) is 6.66. The number of sulfone groups is 1. The fourth-order valence-corrected chi connectivity index (χ4v) is 5.61. The highest BCUT2D eigenvalue weighted by atomic mass is 32.2. The molecule has 1 amide bonds. The fraction of sp³-hybridized carbons (Fsp3) is 0.190. The van der Waals surface area contributed by atoms with Crippen LogP contribution in [0.2, 0.25) is 0 Å². The summed E-state index contributed by atoms with van der Waals surface area (Å²) >= 11 is 1.32. The van der Waals surface area contributed by atoms with Crippen molar-refractivity contribution in [3.63, 3.8) is 0 Å². The summed E-state index contributed by atoms with van der Waals surface area (Å²) in [6, 6.07) is 15.3. The minimum absolute atomic E-state index is 0.0417. The lowest BCUT2D eigenvalue weighted by Gasteiger charge is -2.18. The molecule has 1 heterocycles. The molecule has 5 nitrogen and oxygen atoms in total. The SMILES string of the molecule is COc1ccc(S(=O)(=O)[C@H](CNC(=O)Cc2ccc(F)cc2)c2cccs2)cc1. The molecular formula is C21H20FNO4S2. The topological polar surface area (TPSA) is 72.5 Å². The first-order valence-corrected chi connectivity index (χ1v) is 11.3. The molecule has 0 saturated carbocycles. The van der Waals surface area contributed by atoms with Crippen LogP contribution in [0, 0.1) is 5.82 Å². The van der Waals surface area contributed by atoms with Crippen LogP contribution in [-0.2, 0) is 21.1 Å². The Bertz CT molecular complexity index is 1050. The van der Waals surface area contributed by atoms with Crippen LogP contribution in [0.1, 0.15) is 15.7 Å². The average Bonchev–Trinajstić information content (AvgIpc) is 3.24. The van der Waals surface area contributed by atoms with Crippen LogP contribution in [0.15, 0.2) is 70.9 Å². The van der Waals surface area contributed by atoms with Crippen molar-refractivity contribution < 1.29 is 22.3 Å². The van der Waals surface area contributed by atoms with Crippen molar-refractivity contribution in [1.29, 1.82) is 0 Å². The van der Waals surface area contributed by atoms with E-state index in [1.54, 1.807) is 29.6 Å². The molecular weight excluding hydrogens is 413 g/mol. The minimum atomic E-state index is -3.73. The van der Waals surface area contributed by atoms with Gasteiger partial charge in [0.2, 0.25) is 5.91 Å². The Labute approximate surface area is 173 Å². The van der Waals surface area contributed by atoms with E-state index in [0.29, 0.717) is 16.2 Å². The second-order valence-electron chi connectivity index (χ2n) is 6.33. The molecule has 0 aliphatic heterocycles. The highest BCUT2D eigenvalue weighted by Crippen LogP contribution is 2.32. The van der Waals surface area contributed by atoms with Crippen molar-refractivity contribution in [2.45, 2.75) is 16.6 Å². The number of thiophene rings is 1. The summed E-state index contributed by atoms with van der Waals surface area (Å²) < 4.78 is 44.5. The second kappa shape index (κ2) is 9.19. The van der Waals surface area contributed by atoms with Gasteiger partial charge in [-0.3, -0.25) is 4.79 Å². The molecule has 0 aliphatic carbocycles. The summed E-state index contributed by atoms with van der Waals surface area (Å²) in [5.74, 6) is -0.148. The Morgan fingerprint density at radius 3 is 2.38 bits per heavy atom. The molecule has 0 saturated heterocycles. The van der Waals surface area contributed by atoms with Gasteiger partial charge in [-0.25, -0.2) is 12.8 Å². The zero-order valence-corrected chi connectivity index (χ0v) is 17.3. The van der Waals surface area contributed by atoms with Gasteiger partial charge in [0.15, 0.2) is 9.84 Å². The molecule has 1 aromatic heterocycles. The average molecular weight is 434 g/mol. The van der Waals surface area contributed by atoms with E-state index >= 15 is 0 Å². The normalized spacial score (nSPS) is 12.3. The zero-order valence-electron chi connectivity index (χ0n) is 15.7. The summed E-state index contributed by atoms with van der Waals surface area (Å²) in [7, 11) is -2.22. The molecule has 0 aliphatic rings. The number of ether oxygens (including phenoxy) is 1. The molecule has 8 heteroatoms. The number of hydrogen-bond acceptors (Lipinski definition) is 5. The van der Waals surface area contributed by atoms with Crippen molar-refractivity contribution in [2.24, 2.45) is 0 Å². The van der Waals surface area contributed by atoms with Crippen molar-refractivity contribution in [3.8, 4) is 5.75 Å². The van der Waals surface area contributed by atoms with E-state index in [1.165, 1.54) is 54.8 Å². The van der Waals surface area contributed by atoms with Crippen LogP contribution in [0.4, 0.5) is 4.39 Å². The van der Waals surface area contributed by atoms with Gasteiger partial charge in [-0.15, -0.1) is 11.3 Å². The molecule has 1 N–H and O–H groups in total. The zero-order chi connectivity index (χ0) is 20.9. The minimum Gasteiger partial charge on any atom is -0.497 e. The van der Waals surface area contributed by atoms with Gasteiger partial charge in [-0.2, -0.15) is 0 Å². The van der Waals surface area contributed by atoms with E-state index in [4.69, 9.17) is 4.74 Å². The molecule has 2 aromatic carbocycles.